The molecule has 152 valence electrons. The van der Waals surface area contributed by atoms with Gasteiger partial charge in [0.25, 0.3) is 0 Å². The number of fused-ring (bicyclic) bond motifs is 1. The van der Waals surface area contributed by atoms with E-state index in [1.54, 1.807) is 19.2 Å². The van der Waals surface area contributed by atoms with E-state index < -0.39 is 0 Å². The fourth-order valence-corrected chi connectivity index (χ4v) is 3.23. The molecule has 4 rings (SSSR count). The van der Waals surface area contributed by atoms with E-state index in [-0.39, 0.29) is 5.82 Å². The third kappa shape index (κ3) is 4.84. The molecule has 0 aliphatic rings. The van der Waals surface area contributed by atoms with Gasteiger partial charge in [-0.3, -0.25) is 0 Å². The van der Waals surface area contributed by atoms with Gasteiger partial charge in [0.05, 0.1) is 12.6 Å². The lowest BCUT2D eigenvalue weighted by Crippen LogP contribution is -2.10. The van der Waals surface area contributed by atoms with Crippen LogP contribution < -0.4 is 15.4 Å². The van der Waals surface area contributed by atoms with Crippen LogP contribution >= 0.6 is 0 Å². The molecule has 3 aromatic carbocycles. The van der Waals surface area contributed by atoms with E-state index in [2.05, 4.69) is 26.7 Å². The molecule has 2 N–H and O–H groups in total. The highest BCUT2D eigenvalue weighted by Gasteiger charge is 2.08. The first-order valence-corrected chi connectivity index (χ1v) is 9.83. The first-order chi connectivity index (χ1) is 14.7. The molecule has 1 aromatic heterocycles. The topological polar surface area (TPSA) is 59.1 Å². The first kappa shape index (κ1) is 19.6. The summed E-state index contributed by atoms with van der Waals surface area (Å²) in [7, 11) is 1.67. The molecule has 6 heteroatoms. The van der Waals surface area contributed by atoms with Crippen LogP contribution in [0.4, 0.5) is 16.2 Å². The Bertz CT molecular complexity index is 1130. The highest BCUT2D eigenvalue weighted by Crippen LogP contribution is 2.22. The number of nitrogens with one attached hydrogen (secondary N) is 2. The van der Waals surface area contributed by atoms with Gasteiger partial charge in [0, 0.05) is 18.5 Å². The summed E-state index contributed by atoms with van der Waals surface area (Å²) in [6.45, 7) is 1.24. The van der Waals surface area contributed by atoms with Crippen LogP contribution in [0.5, 0.6) is 5.75 Å². The Morgan fingerprint density at radius 3 is 2.53 bits per heavy atom. The maximum absolute atomic E-state index is 13.1. The van der Waals surface area contributed by atoms with Gasteiger partial charge in [-0.05, 0) is 53.9 Å². The molecule has 0 radical (unpaired) electrons. The maximum atomic E-state index is 13.1. The minimum absolute atomic E-state index is 0.242. The molecule has 0 atom stereocenters. The van der Waals surface area contributed by atoms with Gasteiger partial charge in [0.2, 0.25) is 5.95 Å². The Morgan fingerprint density at radius 2 is 1.70 bits per heavy atom. The van der Waals surface area contributed by atoms with Crippen molar-refractivity contribution in [1.29, 1.82) is 0 Å². The van der Waals surface area contributed by atoms with Crippen molar-refractivity contribution in [3.05, 3.63) is 89.7 Å². The predicted molar refractivity (Wildman–Crippen MR) is 118 cm³/mol. The van der Waals surface area contributed by atoms with Crippen LogP contribution in [0.3, 0.4) is 0 Å². The van der Waals surface area contributed by atoms with E-state index >= 15 is 0 Å². The van der Waals surface area contributed by atoms with Crippen molar-refractivity contribution in [3.63, 3.8) is 0 Å². The van der Waals surface area contributed by atoms with Crippen LogP contribution in [0.25, 0.3) is 10.9 Å². The molecular weight excluding hydrogens is 379 g/mol. The molecule has 1 heterocycles. The third-order valence-electron chi connectivity index (χ3n) is 4.81. The quantitative estimate of drug-likeness (QED) is 0.432. The summed E-state index contributed by atoms with van der Waals surface area (Å²) < 4.78 is 18.4. The number of anilines is 2. The molecule has 30 heavy (non-hydrogen) atoms. The fourth-order valence-electron chi connectivity index (χ4n) is 3.23. The van der Waals surface area contributed by atoms with Gasteiger partial charge in [-0.25, -0.2) is 9.37 Å². The minimum Gasteiger partial charge on any atom is -0.497 e. The van der Waals surface area contributed by atoms with Crippen LogP contribution in [0.15, 0.2) is 72.8 Å². The van der Waals surface area contributed by atoms with Crippen molar-refractivity contribution in [1.82, 2.24) is 9.97 Å². The first-order valence-electron chi connectivity index (χ1n) is 9.83. The zero-order valence-corrected chi connectivity index (χ0v) is 16.7. The molecule has 0 saturated heterocycles. The number of benzene rings is 3. The Balaban J connectivity index is 1.48. The zero-order valence-electron chi connectivity index (χ0n) is 16.7. The van der Waals surface area contributed by atoms with Crippen molar-refractivity contribution in [2.45, 2.75) is 13.0 Å². The summed E-state index contributed by atoms with van der Waals surface area (Å²) in [6, 6.07) is 22.3. The maximum Gasteiger partial charge on any atom is 0.225 e. The molecule has 0 spiro atoms. The summed E-state index contributed by atoms with van der Waals surface area (Å²) >= 11 is 0. The van der Waals surface area contributed by atoms with Crippen molar-refractivity contribution in [2.75, 3.05) is 24.3 Å². The molecule has 4 aromatic rings. The lowest BCUT2D eigenvalue weighted by Gasteiger charge is -2.12. The van der Waals surface area contributed by atoms with E-state index in [9.17, 15) is 4.39 Å². The lowest BCUT2D eigenvalue weighted by atomic mass is 10.1. The number of nitrogens with zero attached hydrogens (tertiary/aromatic N) is 2. The van der Waals surface area contributed by atoms with Crippen LogP contribution in [-0.2, 0) is 13.0 Å². The Morgan fingerprint density at radius 1 is 0.867 bits per heavy atom. The largest absolute Gasteiger partial charge is 0.497 e. The van der Waals surface area contributed by atoms with Crippen molar-refractivity contribution in [2.24, 2.45) is 0 Å². The monoisotopic (exact) mass is 402 g/mol. The normalized spacial score (nSPS) is 10.7. The number of para-hydroxylation sites is 1. The van der Waals surface area contributed by atoms with Crippen molar-refractivity contribution in [3.8, 4) is 5.75 Å². The number of rotatable bonds is 8. The third-order valence-corrected chi connectivity index (χ3v) is 4.81. The number of methoxy groups -OCH3 is 1. The van der Waals surface area contributed by atoms with Gasteiger partial charge in [-0.1, -0.05) is 36.4 Å². The zero-order chi connectivity index (χ0) is 20.8. The molecule has 0 unspecified atom stereocenters. The summed E-state index contributed by atoms with van der Waals surface area (Å²) in [5.41, 5.74) is 3.02. The molecule has 0 aliphatic carbocycles. The van der Waals surface area contributed by atoms with Gasteiger partial charge in [-0.2, -0.15) is 4.98 Å². The van der Waals surface area contributed by atoms with Crippen molar-refractivity contribution < 1.29 is 9.13 Å². The van der Waals surface area contributed by atoms with Gasteiger partial charge in [-0.15, -0.1) is 0 Å². The van der Waals surface area contributed by atoms with Crippen molar-refractivity contribution >= 4 is 22.7 Å². The highest BCUT2D eigenvalue weighted by molar-refractivity contribution is 5.90. The van der Waals surface area contributed by atoms with Gasteiger partial charge in [0.15, 0.2) is 0 Å². The second-order valence-corrected chi connectivity index (χ2v) is 6.92. The Hall–Kier alpha value is -3.67. The number of halogens is 1. The van der Waals surface area contributed by atoms with E-state index in [1.165, 1.54) is 17.7 Å². The van der Waals surface area contributed by atoms with Gasteiger partial charge < -0.3 is 15.4 Å². The molecular formula is C24H23FN4O. The molecule has 0 fully saturated rings. The Kier molecular flexibility index (Phi) is 6.03. The summed E-state index contributed by atoms with van der Waals surface area (Å²) in [5, 5.41) is 7.62. The predicted octanol–water partition coefficient (Wildman–Crippen LogP) is 5.04. The number of ether oxygens (including phenoxy) is 1. The lowest BCUT2D eigenvalue weighted by molar-refractivity contribution is 0.414. The van der Waals surface area contributed by atoms with E-state index in [0.717, 1.165) is 34.5 Å². The Labute approximate surface area is 175 Å². The summed E-state index contributed by atoms with van der Waals surface area (Å²) in [4.78, 5) is 9.30. The average Bonchev–Trinajstić information content (AvgIpc) is 2.78. The fraction of sp³-hybridized carbons (Fsp3) is 0.167. The molecule has 0 bridgehead atoms. The standard InChI is InChI=1S/C24H23FN4O/c1-30-20-6-4-5-17(15-20)13-14-26-24-28-22-8-3-2-7-21(22)23(29-24)27-16-18-9-11-19(25)12-10-18/h2-12,15H,13-14,16H2,1H3,(H2,26,27,28,29). The summed E-state index contributed by atoms with van der Waals surface area (Å²) in [5.74, 6) is 1.92. The van der Waals surface area contributed by atoms with Gasteiger partial charge in [0.1, 0.15) is 17.4 Å². The average molecular weight is 402 g/mol. The second-order valence-electron chi connectivity index (χ2n) is 6.92. The van der Waals surface area contributed by atoms with E-state index in [4.69, 9.17) is 4.74 Å². The van der Waals surface area contributed by atoms with Crippen LogP contribution in [0, 0.1) is 5.82 Å². The SMILES string of the molecule is COc1cccc(CCNc2nc(NCc3ccc(F)cc3)c3ccccc3n2)c1. The van der Waals surface area contributed by atoms with E-state index in [1.807, 2.05) is 42.5 Å². The molecule has 0 aliphatic heterocycles. The number of hydrogen-bond donors (Lipinski definition) is 2. The van der Waals surface area contributed by atoms with Crippen LogP contribution in [0.2, 0.25) is 0 Å². The molecule has 0 amide bonds. The molecule has 5 nitrogen and oxygen atoms in total. The van der Waals surface area contributed by atoms with Crippen LogP contribution in [0.1, 0.15) is 11.1 Å². The van der Waals surface area contributed by atoms with Gasteiger partial charge >= 0.3 is 0 Å². The number of hydrogen-bond acceptors (Lipinski definition) is 5. The highest BCUT2D eigenvalue weighted by atomic mass is 19.1. The molecule has 0 saturated carbocycles. The van der Waals surface area contributed by atoms with E-state index in [0.29, 0.717) is 19.0 Å². The minimum atomic E-state index is -0.242. The number of aromatic nitrogens is 2. The smallest absolute Gasteiger partial charge is 0.225 e. The van der Waals surface area contributed by atoms with Crippen LogP contribution in [-0.4, -0.2) is 23.6 Å². The summed E-state index contributed by atoms with van der Waals surface area (Å²) in [6.07, 6.45) is 0.825. The second kappa shape index (κ2) is 9.22.